The number of aromatic nitrogens is 1. The van der Waals surface area contributed by atoms with Crippen molar-refractivity contribution in [3.63, 3.8) is 0 Å². The zero-order valence-corrected chi connectivity index (χ0v) is 7.93. The smallest absolute Gasteiger partial charge is 0.337 e. The van der Waals surface area contributed by atoms with Crippen molar-refractivity contribution in [1.29, 1.82) is 0 Å². The van der Waals surface area contributed by atoms with E-state index in [-0.39, 0.29) is 23.1 Å². The molecule has 1 aromatic rings. The van der Waals surface area contributed by atoms with Crippen LogP contribution in [0.25, 0.3) is 0 Å². The number of nitrogens with zero attached hydrogens (tertiary/aromatic N) is 1. The fourth-order valence-electron chi connectivity index (χ4n) is 1.26. The van der Waals surface area contributed by atoms with Crippen LogP contribution in [0.4, 0.5) is 5.69 Å². The Hall–Kier alpha value is -1.91. The molecule has 5 heteroatoms. The Labute approximate surface area is 86.1 Å². The van der Waals surface area contributed by atoms with E-state index in [1.807, 2.05) is 0 Å². The van der Waals surface area contributed by atoms with Gasteiger partial charge in [0.25, 0.3) is 0 Å². The predicted octanol–water partition coefficient (Wildman–Crippen LogP) is 1.13. The van der Waals surface area contributed by atoms with Crippen molar-refractivity contribution >= 4 is 17.6 Å². The molecule has 1 amide bonds. The van der Waals surface area contributed by atoms with Gasteiger partial charge in [0.15, 0.2) is 0 Å². The molecule has 0 bridgehead atoms. The molecule has 15 heavy (non-hydrogen) atoms. The summed E-state index contributed by atoms with van der Waals surface area (Å²) in [4.78, 5) is 26.0. The summed E-state index contributed by atoms with van der Waals surface area (Å²) >= 11 is 0. The molecule has 1 fully saturated rings. The molecule has 1 heterocycles. The van der Waals surface area contributed by atoms with Crippen molar-refractivity contribution in [2.24, 2.45) is 5.92 Å². The van der Waals surface area contributed by atoms with Gasteiger partial charge in [-0.3, -0.25) is 9.78 Å². The molecular weight excluding hydrogens is 196 g/mol. The van der Waals surface area contributed by atoms with Crippen LogP contribution < -0.4 is 5.32 Å². The van der Waals surface area contributed by atoms with E-state index in [9.17, 15) is 9.59 Å². The normalized spacial score (nSPS) is 14.7. The summed E-state index contributed by atoms with van der Waals surface area (Å²) in [7, 11) is 0. The minimum Gasteiger partial charge on any atom is -0.478 e. The second kappa shape index (κ2) is 3.68. The van der Waals surface area contributed by atoms with Gasteiger partial charge in [-0.1, -0.05) is 0 Å². The highest BCUT2D eigenvalue weighted by molar-refractivity contribution is 6.01. The molecule has 2 rings (SSSR count). The van der Waals surface area contributed by atoms with Crippen molar-refractivity contribution in [2.45, 2.75) is 12.8 Å². The average Bonchev–Trinajstić information content (AvgIpc) is 3.01. The van der Waals surface area contributed by atoms with Gasteiger partial charge in [0, 0.05) is 12.1 Å². The lowest BCUT2D eigenvalue weighted by atomic mass is 10.2. The summed E-state index contributed by atoms with van der Waals surface area (Å²) in [5, 5.41) is 11.4. The minimum absolute atomic E-state index is 0.0480. The Morgan fingerprint density at radius 1 is 1.47 bits per heavy atom. The maximum atomic E-state index is 11.4. The van der Waals surface area contributed by atoms with Gasteiger partial charge < -0.3 is 10.4 Å². The molecule has 0 unspecified atom stereocenters. The average molecular weight is 206 g/mol. The fraction of sp³-hybridized carbons (Fsp3) is 0.300. The zero-order chi connectivity index (χ0) is 10.8. The van der Waals surface area contributed by atoms with Crippen LogP contribution in [-0.2, 0) is 4.79 Å². The number of carboxylic acids is 1. The van der Waals surface area contributed by atoms with E-state index in [0.717, 1.165) is 12.8 Å². The number of anilines is 1. The van der Waals surface area contributed by atoms with Crippen molar-refractivity contribution < 1.29 is 14.7 Å². The van der Waals surface area contributed by atoms with Gasteiger partial charge in [-0.25, -0.2) is 4.79 Å². The first-order valence-corrected chi connectivity index (χ1v) is 4.66. The second-order valence-corrected chi connectivity index (χ2v) is 3.49. The van der Waals surface area contributed by atoms with E-state index in [1.165, 1.54) is 18.5 Å². The first-order valence-electron chi connectivity index (χ1n) is 4.66. The Kier molecular flexibility index (Phi) is 2.37. The Morgan fingerprint density at radius 2 is 2.20 bits per heavy atom. The van der Waals surface area contributed by atoms with E-state index >= 15 is 0 Å². The highest BCUT2D eigenvalue weighted by Gasteiger charge is 2.30. The monoisotopic (exact) mass is 206 g/mol. The molecule has 0 saturated heterocycles. The second-order valence-electron chi connectivity index (χ2n) is 3.49. The van der Waals surface area contributed by atoms with Crippen LogP contribution >= 0.6 is 0 Å². The number of carbonyl (C=O) groups is 2. The van der Waals surface area contributed by atoms with Crippen molar-refractivity contribution in [1.82, 2.24) is 4.98 Å². The first kappa shape index (κ1) is 9.64. The van der Waals surface area contributed by atoms with Gasteiger partial charge in [-0.15, -0.1) is 0 Å². The number of carboxylic acid groups (broad SMARTS) is 1. The Balaban J connectivity index is 2.19. The molecule has 2 N–H and O–H groups in total. The topological polar surface area (TPSA) is 79.3 Å². The third kappa shape index (κ3) is 2.12. The van der Waals surface area contributed by atoms with Gasteiger partial charge in [0.2, 0.25) is 5.91 Å². The van der Waals surface area contributed by atoms with Crippen LogP contribution in [0, 0.1) is 5.92 Å². The number of rotatable bonds is 3. The van der Waals surface area contributed by atoms with Crippen molar-refractivity contribution in [2.75, 3.05) is 5.32 Å². The number of amides is 1. The summed E-state index contributed by atoms with van der Waals surface area (Å²) in [6.07, 6.45) is 4.50. The summed E-state index contributed by atoms with van der Waals surface area (Å²) in [5.41, 5.74) is 0.334. The third-order valence-corrected chi connectivity index (χ3v) is 2.26. The van der Waals surface area contributed by atoms with Crippen LogP contribution in [0.3, 0.4) is 0 Å². The Morgan fingerprint density at radius 3 is 2.80 bits per heavy atom. The van der Waals surface area contributed by atoms with Gasteiger partial charge in [-0.05, 0) is 18.9 Å². The van der Waals surface area contributed by atoms with Crippen LogP contribution in [0.5, 0.6) is 0 Å². The lowest BCUT2D eigenvalue weighted by Gasteiger charge is -2.06. The zero-order valence-electron chi connectivity index (χ0n) is 7.93. The van der Waals surface area contributed by atoms with Crippen LogP contribution in [0.15, 0.2) is 18.5 Å². The number of nitrogens with one attached hydrogen (secondary N) is 1. The fourth-order valence-corrected chi connectivity index (χ4v) is 1.26. The number of hydrogen-bond donors (Lipinski definition) is 2. The lowest BCUT2D eigenvalue weighted by Crippen LogP contribution is -2.16. The molecule has 0 atom stereocenters. The molecule has 0 aliphatic heterocycles. The highest BCUT2D eigenvalue weighted by atomic mass is 16.4. The molecule has 0 aromatic carbocycles. The van der Waals surface area contributed by atoms with Gasteiger partial charge in [0.1, 0.15) is 0 Å². The molecule has 1 aromatic heterocycles. The van der Waals surface area contributed by atoms with E-state index in [2.05, 4.69) is 10.3 Å². The molecule has 5 nitrogen and oxygen atoms in total. The van der Waals surface area contributed by atoms with Gasteiger partial charge in [0.05, 0.1) is 17.4 Å². The highest BCUT2D eigenvalue weighted by Crippen LogP contribution is 2.30. The maximum absolute atomic E-state index is 11.4. The number of aromatic carboxylic acids is 1. The predicted molar refractivity (Wildman–Crippen MR) is 52.6 cm³/mol. The van der Waals surface area contributed by atoms with Crippen LogP contribution in [0.2, 0.25) is 0 Å². The van der Waals surface area contributed by atoms with E-state index in [4.69, 9.17) is 5.11 Å². The quantitative estimate of drug-likeness (QED) is 0.776. The van der Waals surface area contributed by atoms with E-state index in [1.54, 1.807) is 0 Å². The number of carbonyl (C=O) groups excluding carboxylic acids is 1. The largest absolute Gasteiger partial charge is 0.478 e. The van der Waals surface area contributed by atoms with Crippen molar-refractivity contribution in [3.8, 4) is 0 Å². The number of pyridine rings is 1. The van der Waals surface area contributed by atoms with E-state index < -0.39 is 5.97 Å². The van der Waals surface area contributed by atoms with Crippen LogP contribution in [0.1, 0.15) is 23.2 Å². The molecular formula is C10H10N2O3. The van der Waals surface area contributed by atoms with E-state index in [0.29, 0.717) is 0 Å². The standard InChI is InChI=1S/C10H10N2O3/c13-9(6-1-2-6)12-8-5-11-4-3-7(8)10(14)15/h3-6H,1-2H2,(H,12,13)(H,14,15). The Bertz CT molecular complexity index is 413. The van der Waals surface area contributed by atoms with Crippen molar-refractivity contribution in [3.05, 3.63) is 24.0 Å². The lowest BCUT2D eigenvalue weighted by molar-refractivity contribution is -0.117. The summed E-state index contributed by atoms with van der Waals surface area (Å²) in [6, 6.07) is 1.37. The third-order valence-electron chi connectivity index (χ3n) is 2.26. The molecule has 0 radical (unpaired) electrons. The summed E-state index contributed by atoms with van der Waals surface area (Å²) in [5.74, 6) is -1.14. The summed E-state index contributed by atoms with van der Waals surface area (Å²) in [6.45, 7) is 0. The molecule has 0 spiro atoms. The first-order chi connectivity index (χ1) is 7.18. The number of hydrogen-bond acceptors (Lipinski definition) is 3. The molecule has 1 aliphatic rings. The minimum atomic E-state index is -1.07. The summed E-state index contributed by atoms with van der Waals surface area (Å²) < 4.78 is 0. The molecule has 1 saturated carbocycles. The van der Waals surface area contributed by atoms with Crippen LogP contribution in [-0.4, -0.2) is 22.0 Å². The molecule has 1 aliphatic carbocycles. The molecule has 78 valence electrons. The SMILES string of the molecule is O=C(O)c1ccncc1NC(=O)C1CC1. The maximum Gasteiger partial charge on any atom is 0.337 e. The van der Waals surface area contributed by atoms with Gasteiger partial charge in [-0.2, -0.15) is 0 Å². The van der Waals surface area contributed by atoms with Gasteiger partial charge >= 0.3 is 5.97 Å².